The first-order valence-corrected chi connectivity index (χ1v) is 6.43. The highest BCUT2D eigenvalue weighted by atomic mass is 16.2. The van der Waals surface area contributed by atoms with Gasteiger partial charge in [0.25, 0.3) is 5.91 Å². The minimum Gasteiger partial charge on any atom is -0.388 e. The van der Waals surface area contributed by atoms with Crippen molar-refractivity contribution in [2.45, 2.75) is 18.9 Å². The van der Waals surface area contributed by atoms with Crippen LogP contribution in [0.3, 0.4) is 0 Å². The molecule has 0 spiro atoms. The van der Waals surface area contributed by atoms with Gasteiger partial charge in [0, 0.05) is 44.4 Å². The smallest absolute Gasteiger partial charge is 0.251 e. The highest BCUT2D eigenvalue weighted by molar-refractivity contribution is 5.94. The first kappa shape index (κ1) is 13.4. The number of hydrogen-bond donors (Lipinski definition) is 2. The normalized spacial score (nSPS) is 19.2. The molecule has 1 aromatic rings. The van der Waals surface area contributed by atoms with Crippen molar-refractivity contribution in [1.29, 1.82) is 0 Å². The number of nitrogens with one attached hydrogen (secondary N) is 2. The Morgan fingerprint density at radius 2 is 2.00 bits per heavy atom. The van der Waals surface area contributed by atoms with Gasteiger partial charge in [-0.25, -0.2) is 0 Å². The summed E-state index contributed by atoms with van der Waals surface area (Å²) in [6.07, 6.45) is 1.21. The number of piperidine rings is 1. The van der Waals surface area contributed by atoms with Crippen molar-refractivity contribution in [2.24, 2.45) is 0 Å². The number of hydrogen-bond acceptors (Lipinski definition) is 3. The van der Waals surface area contributed by atoms with Crippen LogP contribution in [0.15, 0.2) is 24.3 Å². The Morgan fingerprint density at radius 1 is 1.32 bits per heavy atom. The maximum absolute atomic E-state index is 12.1. The summed E-state index contributed by atoms with van der Waals surface area (Å²) in [7, 11) is 3.60. The number of anilines is 1. The van der Waals surface area contributed by atoms with Gasteiger partial charge in [0.05, 0.1) is 0 Å². The lowest BCUT2D eigenvalue weighted by atomic mass is 10.0. The molecule has 0 bridgehead atoms. The van der Waals surface area contributed by atoms with Crippen molar-refractivity contribution in [3.63, 3.8) is 0 Å². The third-order valence-electron chi connectivity index (χ3n) is 3.40. The van der Waals surface area contributed by atoms with Gasteiger partial charge in [-0.3, -0.25) is 9.59 Å². The number of benzene rings is 1. The number of carbonyl (C=O) groups is 2. The predicted octanol–water partition coefficient (Wildman–Crippen LogP) is 1.08. The molecule has 5 nitrogen and oxygen atoms in total. The number of likely N-dealkylation sites (N-methyl/N-ethyl adjacent to an activating group) is 1. The molecule has 1 aliphatic heterocycles. The van der Waals surface area contributed by atoms with E-state index >= 15 is 0 Å². The second-order valence-corrected chi connectivity index (χ2v) is 4.81. The van der Waals surface area contributed by atoms with Crippen molar-refractivity contribution in [1.82, 2.24) is 10.2 Å². The summed E-state index contributed by atoms with van der Waals surface area (Å²) in [6.45, 7) is 0.583. The van der Waals surface area contributed by atoms with E-state index < -0.39 is 0 Å². The average molecular weight is 261 g/mol. The Morgan fingerprint density at radius 3 is 2.58 bits per heavy atom. The van der Waals surface area contributed by atoms with Crippen LogP contribution in [0, 0.1) is 0 Å². The lowest BCUT2D eigenvalue weighted by Gasteiger charge is -2.30. The van der Waals surface area contributed by atoms with Crippen molar-refractivity contribution >= 4 is 17.5 Å². The summed E-state index contributed by atoms with van der Waals surface area (Å²) in [5.74, 6) is 0.0549. The molecule has 0 radical (unpaired) electrons. The van der Waals surface area contributed by atoms with Crippen LogP contribution in [-0.2, 0) is 4.79 Å². The van der Waals surface area contributed by atoms with Gasteiger partial charge in [0.1, 0.15) is 0 Å². The van der Waals surface area contributed by atoms with E-state index in [1.807, 2.05) is 19.2 Å². The largest absolute Gasteiger partial charge is 0.388 e. The lowest BCUT2D eigenvalue weighted by Crippen LogP contribution is -2.48. The van der Waals surface area contributed by atoms with Crippen LogP contribution in [0.5, 0.6) is 0 Å². The van der Waals surface area contributed by atoms with E-state index in [-0.39, 0.29) is 17.9 Å². The topological polar surface area (TPSA) is 61.4 Å². The molecular formula is C14H19N3O2. The zero-order valence-corrected chi connectivity index (χ0v) is 11.3. The summed E-state index contributed by atoms with van der Waals surface area (Å²) < 4.78 is 0. The molecule has 0 saturated carbocycles. The Kier molecular flexibility index (Phi) is 4.04. The molecule has 0 aromatic heterocycles. The van der Waals surface area contributed by atoms with E-state index in [0.29, 0.717) is 24.9 Å². The fraction of sp³-hybridized carbons (Fsp3) is 0.429. The van der Waals surface area contributed by atoms with Crippen molar-refractivity contribution in [3.8, 4) is 0 Å². The van der Waals surface area contributed by atoms with Gasteiger partial charge in [-0.15, -0.1) is 0 Å². The zero-order valence-electron chi connectivity index (χ0n) is 11.3. The number of nitrogens with zero attached hydrogens (tertiary/aromatic N) is 1. The van der Waals surface area contributed by atoms with E-state index in [2.05, 4.69) is 10.6 Å². The summed E-state index contributed by atoms with van der Waals surface area (Å²) >= 11 is 0. The SMILES string of the molecule is CNc1ccc(C(=O)NC2CCC(=O)N(C)C2)cc1. The highest BCUT2D eigenvalue weighted by Crippen LogP contribution is 2.12. The monoisotopic (exact) mass is 261 g/mol. The molecular weight excluding hydrogens is 242 g/mol. The van der Waals surface area contributed by atoms with Crippen LogP contribution < -0.4 is 10.6 Å². The predicted molar refractivity (Wildman–Crippen MR) is 74.1 cm³/mol. The Hall–Kier alpha value is -2.04. The van der Waals surface area contributed by atoms with E-state index in [1.54, 1.807) is 24.1 Å². The van der Waals surface area contributed by atoms with Crippen LogP contribution in [0.4, 0.5) is 5.69 Å². The molecule has 1 atom stereocenters. The van der Waals surface area contributed by atoms with E-state index in [0.717, 1.165) is 5.69 Å². The van der Waals surface area contributed by atoms with Crippen molar-refractivity contribution < 1.29 is 9.59 Å². The molecule has 19 heavy (non-hydrogen) atoms. The van der Waals surface area contributed by atoms with Gasteiger partial charge in [-0.2, -0.15) is 0 Å². The molecule has 1 saturated heterocycles. The van der Waals surface area contributed by atoms with Crippen LogP contribution in [0.25, 0.3) is 0 Å². The second kappa shape index (κ2) is 5.73. The van der Waals surface area contributed by atoms with Gasteiger partial charge in [0.15, 0.2) is 0 Å². The quantitative estimate of drug-likeness (QED) is 0.856. The van der Waals surface area contributed by atoms with Crippen LogP contribution in [-0.4, -0.2) is 43.4 Å². The third kappa shape index (κ3) is 3.24. The molecule has 5 heteroatoms. The molecule has 1 aromatic carbocycles. The average Bonchev–Trinajstić information content (AvgIpc) is 2.43. The first-order chi connectivity index (χ1) is 9.10. The van der Waals surface area contributed by atoms with E-state index in [1.165, 1.54) is 0 Å². The minimum absolute atomic E-state index is 0.0409. The third-order valence-corrected chi connectivity index (χ3v) is 3.40. The standard InChI is InChI=1S/C14H19N3O2/c1-15-11-5-3-10(4-6-11)14(19)16-12-7-8-13(18)17(2)9-12/h3-6,12,15H,7-9H2,1-2H3,(H,16,19). The Balaban J connectivity index is 1.95. The Bertz CT molecular complexity index is 470. The van der Waals surface area contributed by atoms with Crippen molar-refractivity contribution in [2.75, 3.05) is 26.0 Å². The highest BCUT2D eigenvalue weighted by Gasteiger charge is 2.24. The van der Waals surface area contributed by atoms with Gasteiger partial charge >= 0.3 is 0 Å². The molecule has 1 aliphatic rings. The number of likely N-dealkylation sites (tertiary alicyclic amines) is 1. The molecule has 1 unspecified atom stereocenters. The Labute approximate surface area is 113 Å². The fourth-order valence-electron chi connectivity index (χ4n) is 2.19. The van der Waals surface area contributed by atoms with Gasteiger partial charge < -0.3 is 15.5 Å². The summed E-state index contributed by atoms with van der Waals surface area (Å²) in [5, 5.41) is 5.98. The van der Waals surface area contributed by atoms with Gasteiger partial charge in [0.2, 0.25) is 5.91 Å². The number of amides is 2. The lowest BCUT2D eigenvalue weighted by molar-refractivity contribution is -0.132. The van der Waals surface area contributed by atoms with E-state index in [4.69, 9.17) is 0 Å². The number of rotatable bonds is 3. The molecule has 0 aliphatic carbocycles. The maximum atomic E-state index is 12.1. The second-order valence-electron chi connectivity index (χ2n) is 4.81. The summed E-state index contributed by atoms with van der Waals surface area (Å²) in [4.78, 5) is 25.1. The number of carbonyl (C=O) groups excluding carboxylic acids is 2. The minimum atomic E-state index is -0.0876. The molecule has 2 amide bonds. The fourth-order valence-corrected chi connectivity index (χ4v) is 2.19. The summed E-state index contributed by atoms with van der Waals surface area (Å²) in [5.41, 5.74) is 1.61. The van der Waals surface area contributed by atoms with Crippen LogP contribution in [0.1, 0.15) is 23.2 Å². The van der Waals surface area contributed by atoms with E-state index in [9.17, 15) is 9.59 Å². The van der Waals surface area contributed by atoms with Crippen LogP contribution in [0.2, 0.25) is 0 Å². The first-order valence-electron chi connectivity index (χ1n) is 6.43. The molecule has 1 fully saturated rings. The molecule has 2 rings (SSSR count). The van der Waals surface area contributed by atoms with Gasteiger partial charge in [-0.05, 0) is 30.7 Å². The maximum Gasteiger partial charge on any atom is 0.251 e. The van der Waals surface area contributed by atoms with Gasteiger partial charge in [-0.1, -0.05) is 0 Å². The van der Waals surface area contributed by atoms with Crippen molar-refractivity contribution in [3.05, 3.63) is 29.8 Å². The zero-order chi connectivity index (χ0) is 13.8. The molecule has 1 heterocycles. The molecule has 102 valence electrons. The summed E-state index contributed by atoms with van der Waals surface area (Å²) in [6, 6.07) is 7.35. The molecule has 2 N–H and O–H groups in total. The van der Waals surface area contributed by atoms with Crippen LogP contribution >= 0.6 is 0 Å².